The van der Waals surface area contributed by atoms with E-state index >= 15 is 0 Å². The molecule has 292 valence electrons. The van der Waals surface area contributed by atoms with E-state index in [2.05, 4.69) is 180 Å². The molecule has 0 fully saturated rings. The summed E-state index contributed by atoms with van der Waals surface area (Å²) >= 11 is 0. The van der Waals surface area contributed by atoms with E-state index in [1.807, 2.05) is 6.20 Å². The Hall–Kier alpha value is -6.26. The first-order chi connectivity index (χ1) is 28.6. The molecule has 4 nitrogen and oxygen atoms in total. The summed E-state index contributed by atoms with van der Waals surface area (Å²) in [6.45, 7) is 11.1. The molecule has 0 N–H and O–H groups in total. The number of fused-ring (bicyclic) bond motifs is 5. The molecule has 0 saturated carbocycles. The van der Waals surface area contributed by atoms with Gasteiger partial charge in [0, 0.05) is 33.7 Å². The van der Waals surface area contributed by atoms with Gasteiger partial charge in [-0.3, -0.25) is 4.98 Å². The van der Waals surface area contributed by atoms with Gasteiger partial charge in [-0.1, -0.05) is 169 Å². The van der Waals surface area contributed by atoms with E-state index in [1.54, 1.807) is 0 Å². The molecule has 0 radical (unpaired) electrons. The molecule has 0 atom stereocenters. The van der Waals surface area contributed by atoms with Crippen LogP contribution in [-0.2, 0) is 23.7 Å². The summed E-state index contributed by atoms with van der Waals surface area (Å²) in [4.78, 5) is 20.1. The number of benzene rings is 6. The van der Waals surface area contributed by atoms with Crippen LogP contribution in [0.15, 0.2) is 152 Å². The lowest BCUT2D eigenvalue weighted by Gasteiger charge is -2.22. The van der Waals surface area contributed by atoms with Crippen molar-refractivity contribution in [1.29, 1.82) is 0 Å². The van der Waals surface area contributed by atoms with Gasteiger partial charge in [0.2, 0.25) is 0 Å². The third-order valence-corrected chi connectivity index (χ3v) is 12.1. The number of hydrogen-bond acceptors (Lipinski definition) is 4. The van der Waals surface area contributed by atoms with E-state index in [-0.39, 0.29) is 10.8 Å². The molecular formula is C55H52N4. The smallest absolute Gasteiger partial charge is 0.165 e. The van der Waals surface area contributed by atoms with Crippen LogP contribution in [0.3, 0.4) is 0 Å². The van der Waals surface area contributed by atoms with Gasteiger partial charge < -0.3 is 0 Å². The standard InChI is InChI=1S/C55H52N4/c1-54(2,3)53-58-51(43-25-16-24-41(34-43)40-23-15-21-38(33-40)20-10-7-6-9-17-37-18-11-8-12-19-37)57-52(59-53)44-29-32-49(56-36-44)42-27-30-46-48(35-42)55(4,5)47-31-28-39-22-13-14-26-45(39)50(46)47/h8,11-16,18-19,21-36H,6-7,9-10,17,20H2,1-5H3. The first-order valence-corrected chi connectivity index (χ1v) is 21.3. The molecule has 0 amide bonds. The molecule has 2 heterocycles. The molecule has 0 unspecified atom stereocenters. The highest BCUT2D eigenvalue weighted by Crippen LogP contribution is 2.52. The van der Waals surface area contributed by atoms with Gasteiger partial charge in [-0.25, -0.2) is 15.0 Å². The summed E-state index contributed by atoms with van der Waals surface area (Å²) in [5, 5.41) is 2.59. The molecule has 8 aromatic rings. The first-order valence-electron chi connectivity index (χ1n) is 21.3. The summed E-state index contributed by atoms with van der Waals surface area (Å²) in [7, 11) is 0. The molecule has 1 aliphatic rings. The predicted octanol–water partition coefficient (Wildman–Crippen LogP) is 14.0. The number of nitrogens with zero attached hydrogens (tertiary/aromatic N) is 4. The Balaban J connectivity index is 0.946. The summed E-state index contributed by atoms with van der Waals surface area (Å²) in [5.41, 5.74) is 14.1. The lowest BCUT2D eigenvalue weighted by atomic mass is 9.81. The largest absolute Gasteiger partial charge is 0.255 e. The SMILES string of the molecule is CC(C)(C)c1nc(-c2ccc(-c3ccc4c(c3)C(C)(C)c3ccc5ccccc5c3-4)nc2)nc(-c2cccc(-c3cccc(CCCCCCc4ccccc4)c3)c2)n1. The first kappa shape index (κ1) is 38.3. The van der Waals surface area contributed by atoms with Crippen molar-refractivity contribution < 1.29 is 0 Å². The van der Waals surface area contributed by atoms with Crippen molar-refractivity contribution in [2.75, 3.05) is 0 Å². The van der Waals surface area contributed by atoms with E-state index < -0.39 is 0 Å². The number of aryl methyl sites for hydroxylation is 2. The lowest BCUT2D eigenvalue weighted by Crippen LogP contribution is -2.18. The van der Waals surface area contributed by atoms with E-state index in [9.17, 15) is 0 Å². The van der Waals surface area contributed by atoms with Crippen molar-refractivity contribution in [1.82, 2.24) is 19.9 Å². The normalized spacial score (nSPS) is 13.0. The van der Waals surface area contributed by atoms with Gasteiger partial charge in [-0.05, 0) is 105 Å². The Kier molecular flexibility index (Phi) is 10.3. The third-order valence-electron chi connectivity index (χ3n) is 12.1. The minimum absolute atomic E-state index is 0.113. The van der Waals surface area contributed by atoms with E-state index in [1.165, 1.54) is 81.8 Å². The van der Waals surface area contributed by atoms with Crippen molar-refractivity contribution in [3.63, 3.8) is 0 Å². The van der Waals surface area contributed by atoms with Crippen LogP contribution in [0.5, 0.6) is 0 Å². The van der Waals surface area contributed by atoms with Crippen LogP contribution in [0.2, 0.25) is 0 Å². The van der Waals surface area contributed by atoms with Crippen LogP contribution in [0.4, 0.5) is 0 Å². The lowest BCUT2D eigenvalue weighted by molar-refractivity contribution is 0.543. The monoisotopic (exact) mass is 768 g/mol. The zero-order valence-corrected chi connectivity index (χ0v) is 35.0. The zero-order chi connectivity index (χ0) is 40.6. The maximum absolute atomic E-state index is 5.08. The Morgan fingerprint density at radius 3 is 1.92 bits per heavy atom. The second-order valence-corrected chi connectivity index (χ2v) is 17.8. The molecule has 1 aliphatic carbocycles. The molecule has 59 heavy (non-hydrogen) atoms. The molecular weight excluding hydrogens is 717 g/mol. The van der Waals surface area contributed by atoms with E-state index in [0.29, 0.717) is 11.6 Å². The van der Waals surface area contributed by atoms with Crippen LogP contribution in [0, 0.1) is 0 Å². The highest BCUT2D eigenvalue weighted by Gasteiger charge is 2.36. The number of hydrogen-bond donors (Lipinski definition) is 0. The Morgan fingerprint density at radius 1 is 0.492 bits per heavy atom. The molecule has 4 heteroatoms. The number of aromatic nitrogens is 4. The van der Waals surface area contributed by atoms with Gasteiger partial charge in [-0.15, -0.1) is 0 Å². The van der Waals surface area contributed by atoms with Crippen LogP contribution in [-0.4, -0.2) is 19.9 Å². The van der Waals surface area contributed by atoms with Crippen LogP contribution in [0.25, 0.3) is 67.1 Å². The van der Waals surface area contributed by atoms with Gasteiger partial charge >= 0.3 is 0 Å². The van der Waals surface area contributed by atoms with Crippen LogP contribution in [0.1, 0.15) is 88.4 Å². The molecule has 0 aliphatic heterocycles. The van der Waals surface area contributed by atoms with Gasteiger partial charge in [0.1, 0.15) is 5.82 Å². The third kappa shape index (κ3) is 7.84. The fourth-order valence-electron chi connectivity index (χ4n) is 8.73. The fraction of sp³-hybridized carbons (Fsp3) is 0.236. The van der Waals surface area contributed by atoms with Crippen molar-refractivity contribution >= 4 is 10.8 Å². The Labute approximate surface area is 349 Å². The summed E-state index contributed by atoms with van der Waals surface area (Å²) in [5.74, 6) is 2.06. The number of unbranched alkanes of at least 4 members (excludes halogenated alkanes) is 3. The van der Waals surface area contributed by atoms with Gasteiger partial charge in [0.25, 0.3) is 0 Å². The van der Waals surface area contributed by atoms with Gasteiger partial charge in [-0.2, -0.15) is 0 Å². The molecule has 0 bridgehead atoms. The Bertz CT molecular complexity index is 2780. The number of pyridine rings is 1. The van der Waals surface area contributed by atoms with Crippen LogP contribution >= 0.6 is 0 Å². The van der Waals surface area contributed by atoms with Crippen molar-refractivity contribution in [2.24, 2.45) is 0 Å². The number of rotatable bonds is 11. The highest BCUT2D eigenvalue weighted by molar-refractivity contribution is 6.02. The summed E-state index contributed by atoms with van der Waals surface area (Å²) < 4.78 is 0. The second kappa shape index (κ2) is 15.8. The zero-order valence-electron chi connectivity index (χ0n) is 35.0. The van der Waals surface area contributed by atoms with Gasteiger partial charge in [0.05, 0.1) is 5.69 Å². The highest BCUT2D eigenvalue weighted by atomic mass is 15.0. The second-order valence-electron chi connectivity index (χ2n) is 17.8. The molecule has 2 aromatic heterocycles. The topological polar surface area (TPSA) is 51.6 Å². The summed E-state index contributed by atoms with van der Waals surface area (Å²) in [6.07, 6.45) is 9.13. The van der Waals surface area contributed by atoms with Crippen molar-refractivity contribution in [2.45, 2.75) is 84.0 Å². The molecule has 0 saturated heterocycles. The van der Waals surface area contributed by atoms with Crippen molar-refractivity contribution in [3.05, 3.63) is 180 Å². The maximum Gasteiger partial charge on any atom is 0.165 e. The maximum atomic E-state index is 5.08. The van der Waals surface area contributed by atoms with Crippen molar-refractivity contribution in [3.8, 4) is 56.3 Å². The van der Waals surface area contributed by atoms with E-state index in [4.69, 9.17) is 19.9 Å². The van der Waals surface area contributed by atoms with Gasteiger partial charge in [0.15, 0.2) is 11.6 Å². The summed E-state index contributed by atoms with van der Waals surface area (Å²) in [6, 6.07) is 52.7. The van der Waals surface area contributed by atoms with Crippen LogP contribution < -0.4 is 0 Å². The molecule has 6 aromatic carbocycles. The molecule has 9 rings (SSSR count). The van der Waals surface area contributed by atoms with E-state index in [0.717, 1.165) is 40.2 Å². The minimum Gasteiger partial charge on any atom is -0.255 e. The quantitative estimate of drug-likeness (QED) is 0.123. The fourth-order valence-corrected chi connectivity index (χ4v) is 8.73. The Morgan fingerprint density at radius 2 is 1.15 bits per heavy atom. The minimum atomic E-state index is -0.270. The molecule has 0 spiro atoms. The predicted molar refractivity (Wildman–Crippen MR) is 245 cm³/mol. The average Bonchev–Trinajstić information content (AvgIpc) is 3.50. The average molecular weight is 769 g/mol.